The Morgan fingerprint density at radius 2 is 1.91 bits per heavy atom. The van der Waals surface area contributed by atoms with E-state index in [1.165, 1.54) is 23.5 Å². The number of carbonyl (C=O) groups is 1. The van der Waals surface area contributed by atoms with E-state index in [0.717, 1.165) is 37.3 Å². The van der Waals surface area contributed by atoms with E-state index in [1.807, 2.05) is 22.4 Å². The van der Waals surface area contributed by atoms with Crippen molar-refractivity contribution in [3.8, 4) is 11.3 Å². The zero-order valence-electron chi connectivity index (χ0n) is 18.8. The first-order valence-electron chi connectivity index (χ1n) is 10.9. The number of halogens is 1. The summed E-state index contributed by atoms with van der Waals surface area (Å²) in [6, 6.07) is 10.0. The van der Waals surface area contributed by atoms with E-state index in [2.05, 4.69) is 35.9 Å². The van der Waals surface area contributed by atoms with Gasteiger partial charge >= 0.3 is 0 Å². The first-order valence-corrected chi connectivity index (χ1v) is 11.8. The Morgan fingerprint density at radius 1 is 1.19 bits per heavy atom. The first-order chi connectivity index (χ1) is 15.4. The van der Waals surface area contributed by atoms with Crippen LogP contribution in [0.2, 0.25) is 0 Å². The van der Waals surface area contributed by atoms with Crippen LogP contribution in [0.25, 0.3) is 11.3 Å². The highest BCUT2D eigenvalue weighted by molar-refractivity contribution is 7.12. The first kappa shape index (κ1) is 22.5. The Labute approximate surface area is 192 Å². The Morgan fingerprint density at radius 3 is 2.53 bits per heavy atom. The molecule has 3 aromatic rings. The Balaban J connectivity index is 1.72. The lowest BCUT2D eigenvalue weighted by Gasteiger charge is -2.33. The number of nitrogens with zero attached hydrogens (tertiary/aromatic N) is 4. The molecule has 0 bridgehead atoms. The third-order valence-electron chi connectivity index (χ3n) is 5.63. The van der Waals surface area contributed by atoms with Crippen molar-refractivity contribution < 1.29 is 13.7 Å². The van der Waals surface area contributed by atoms with Crippen LogP contribution in [0.4, 0.5) is 10.3 Å². The molecule has 1 aliphatic rings. The van der Waals surface area contributed by atoms with Crippen LogP contribution >= 0.6 is 11.3 Å². The Kier molecular flexibility index (Phi) is 6.91. The molecule has 3 heterocycles. The number of rotatable bonds is 7. The summed E-state index contributed by atoms with van der Waals surface area (Å²) in [6.07, 6.45) is 0. The lowest BCUT2D eigenvalue weighted by atomic mass is 10.1. The molecule has 170 valence electrons. The number of hydrogen-bond acceptors (Lipinski definition) is 6. The maximum Gasteiger partial charge on any atom is 0.264 e. The van der Waals surface area contributed by atoms with Gasteiger partial charge in [0, 0.05) is 38.3 Å². The minimum absolute atomic E-state index is 0.00397. The maximum atomic E-state index is 13.5. The van der Waals surface area contributed by atoms with Crippen molar-refractivity contribution in [2.45, 2.75) is 20.4 Å². The molecule has 1 aliphatic heterocycles. The van der Waals surface area contributed by atoms with Crippen molar-refractivity contribution in [2.75, 3.05) is 44.7 Å². The number of amides is 1. The van der Waals surface area contributed by atoms with Gasteiger partial charge in [-0.2, -0.15) is 0 Å². The number of hydrogen-bond donors (Lipinski definition) is 0. The minimum Gasteiger partial charge on any atom is -0.338 e. The van der Waals surface area contributed by atoms with Gasteiger partial charge in [0.25, 0.3) is 5.91 Å². The van der Waals surface area contributed by atoms with Crippen molar-refractivity contribution in [2.24, 2.45) is 5.92 Å². The predicted octanol–water partition coefficient (Wildman–Crippen LogP) is 4.59. The molecular weight excluding hydrogens is 427 g/mol. The van der Waals surface area contributed by atoms with E-state index in [9.17, 15) is 9.18 Å². The van der Waals surface area contributed by atoms with Crippen molar-refractivity contribution in [3.05, 3.63) is 58.0 Å². The second kappa shape index (κ2) is 9.83. The molecule has 32 heavy (non-hydrogen) atoms. The molecule has 0 radical (unpaired) electrons. The van der Waals surface area contributed by atoms with Crippen LogP contribution in [0.1, 0.15) is 29.1 Å². The summed E-state index contributed by atoms with van der Waals surface area (Å²) in [5.74, 6) is 0.710. The lowest BCUT2D eigenvalue weighted by molar-refractivity contribution is 0.0728. The molecule has 1 aromatic carbocycles. The third-order valence-corrected chi connectivity index (χ3v) is 6.49. The SMILES string of the molecule is CC(C)CN(Cc1c(-c2ccc(F)cc2)noc1N1CCN(C)CC1)C(=O)c1cccs1. The van der Waals surface area contributed by atoms with Gasteiger partial charge in [0.15, 0.2) is 0 Å². The molecule has 0 unspecified atom stereocenters. The van der Waals surface area contributed by atoms with E-state index in [4.69, 9.17) is 4.52 Å². The van der Waals surface area contributed by atoms with Crippen molar-refractivity contribution in [3.63, 3.8) is 0 Å². The van der Waals surface area contributed by atoms with Crippen molar-refractivity contribution >= 4 is 23.1 Å². The number of carbonyl (C=O) groups excluding carboxylic acids is 1. The number of thiophene rings is 1. The Hall–Kier alpha value is -2.71. The smallest absolute Gasteiger partial charge is 0.264 e. The molecule has 0 N–H and O–H groups in total. The van der Waals surface area contributed by atoms with Crippen molar-refractivity contribution in [1.29, 1.82) is 0 Å². The maximum absolute atomic E-state index is 13.5. The van der Waals surface area contributed by atoms with E-state index >= 15 is 0 Å². The molecule has 0 spiro atoms. The van der Waals surface area contributed by atoms with Crippen LogP contribution in [0, 0.1) is 11.7 Å². The Bertz CT molecular complexity index is 1020. The average molecular weight is 457 g/mol. The van der Waals surface area contributed by atoms with Crippen LogP contribution in [0.5, 0.6) is 0 Å². The number of benzene rings is 1. The summed E-state index contributed by atoms with van der Waals surface area (Å²) in [5.41, 5.74) is 2.30. The molecule has 0 atom stereocenters. The van der Waals surface area contributed by atoms with Gasteiger partial charge in [-0.05, 0) is 48.7 Å². The van der Waals surface area contributed by atoms with Gasteiger partial charge in [-0.1, -0.05) is 25.1 Å². The molecule has 2 aromatic heterocycles. The molecule has 8 heteroatoms. The molecule has 1 amide bonds. The average Bonchev–Trinajstić information content (AvgIpc) is 3.44. The van der Waals surface area contributed by atoms with Gasteiger partial charge < -0.3 is 19.2 Å². The molecule has 6 nitrogen and oxygen atoms in total. The zero-order valence-corrected chi connectivity index (χ0v) is 19.6. The van der Waals surface area contributed by atoms with Crippen LogP contribution < -0.4 is 4.90 Å². The largest absolute Gasteiger partial charge is 0.338 e. The van der Waals surface area contributed by atoms with E-state index in [1.54, 1.807) is 12.1 Å². The highest BCUT2D eigenvalue weighted by Crippen LogP contribution is 2.34. The second-order valence-electron chi connectivity index (χ2n) is 8.67. The van der Waals surface area contributed by atoms with E-state index in [-0.39, 0.29) is 11.7 Å². The summed E-state index contributed by atoms with van der Waals surface area (Å²) in [5, 5.41) is 6.29. The monoisotopic (exact) mass is 456 g/mol. The summed E-state index contributed by atoms with van der Waals surface area (Å²) in [4.78, 5) is 20.4. The lowest BCUT2D eigenvalue weighted by Crippen LogP contribution is -2.45. The van der Waals surface area contributed by atoms with Gasteiger partial charge in [-0.3, -0.25) is 4.79 Å². The molecule has 0 aliphatic carbocycles. The predicted molar refractivity (Wildman–Crippen MR) is 126 cm³/mol. The fourth-order valence-corrected chi connectivity index (χ4v) is 4.63. The number of anilines is 1. The number of likely N-dealkylation sites (N-methyl/N-ethyl adjacent to an activating group) is 1. The molecule has 0 saturated carbocycles. The van der Waals surface area contributed by atoms with Gasteiger partial charge in [0.2, 0.25) is 5.88 Å². The fraction of sp³-hybridized carbons (Fsp3) is 0.417. The van der Waals surface area contributed by atoms with Crippen LogP contribution in [0.15, 0.2) is 46.3 Å². The minimum atomic E-state index is -0.299. The van der Waals surface area contributed by atoms with Crippen LogP contribution in [0.3, 0.4) is 0 Å². The summed E-state index contributed by atoms with van der Waals surface area (Å²) in [6.45, 7) is 8.70. The van der Waals surface area contributed by atoms with E-state index in [0.29, 0.717) is 35.5 Å². The number of piperazine rings is 1. The fourth-order valence-electron chi connectivity index (χ4n) is 3.94. The summed E-state index contributed by atoms with van der Waals surface area (Å²) in [7, 11) is 2.10. The normalized spacial score (nSPS) is 14.8. The second-order valence-corrected chi connectivity index (χ2v) is 9.62. The molecule has 4 rings (SSSR count). The van der Waals surface area contributed by atoms with Gasteiger partial charge in [-0.25, -0.2) is 4.39 Å². The number of aromatic nitrogens is 1. The van der Waals surface area contributed by atoms with Gasteiger partial charge in [-0.15, -0.1) is 11.3 Å². The highest BCUT2D eigenvalue weighted by Gasteiger charge is 2.28. The van der Waals surface area contributed by atoms with E-state index < -0.39 is 0 Å². The van der Waals surface area contributed by atoms with Gasteiger partial charge in [0.1, 0.15) is 11.5 Å². The summed E-state index contributed by atoms with van der Waals surface area (Å²) < 4.78 is 19.4. The summed E-state index contributed by atoms with van der Waals surface area (Å²) >= 11 is 1.45. The van der Waals surface area contributed by atoms with Crippen LogP contribution in [-0.4, -0.2) is 60.6 Å². The standard InChI is InChI=1S/C24H29FN4O2S/c1-17(2)15-29(23(30)21-5-4-14-32-21)16-20-22(18-6-8-19(25)9-7-18)26-31-24(20)28-12-10-27(3)11-13-28/h4-9,14,17H,10-13,15-16H2,1-3H3. The highest BCUT2D eigenvalue weighted by atomic mass is 32.1. The zero-order chi connectivity index (χ0) is 22.7. The molecule has 1 saturated heterocycles. The molecule has 1 fully saturated rings. The quantitative estimate of drug-likeness (QED) is 0.520. The third kappa shape index (κ3) is 5.02. The topological polar surface area (TPSA) is 52.8 Å². The van der Waals surface area contributed by atoms with Crippen molar-refractivity contribution in [1.82, 2.24) is 15.0 Å². The molecular formula is C24H29FN4O2S. The van der Waals surface area contributed by atoms with Gasteiger partial charge in [0.05, 0.1) is 17.0 Å². The van der Waals surface area contributed by atoms with Crippen LogP contribution in [-0.2, 0) is 6.54 Å².